The lowest BCUT2D eigenvalue weighted by molar-refractivity contribution is 0.475. The van der Waals surface area contributed by atoms with Crippen LogP contribution in [-0.2, 0) is 0 Å². The van der Waals surface area contributed by atoms with Crippen molar-refractivity contribution in [1.82, 2.24) is 0 Å². The van der Waals surface area contributed by atoms with Gasteiger partial charge in [-0.15, -0.1) is 0 Å². The summed E-state index contributed by atoms with van der Waals surface area (Å²) >= 11 is 0. The number of hydrogen-bond donors (Lipinski definition) is 0. The maximum Gasteiger partial charge on any atom is 0.151 e. The SMILES string of the molecule is CC(C)c1ccc2c(c1)N(C)c1ccccc1O2. The van der Waals surface area contributed by atoms with E-state index in [0.29, 0.717) is 5.92 Å². The third kappa shape index (κ3) is 1.65. The van der Waals surface area contributed by atoms with Crippen LogP contribution in [0.25, 0.3) is 0 Å². The first-order chi connectivity index (χ1) is 8.66. The molecule has 2 heteroatoms. The van der Waals surface area contributed by atoms with Gasteiger partial charge in [0.25, 0.3) is 0 Å². The first kappa shape index (κ1) is 11.1. The molecule has 0 atom stereocenters. The molecule has 0 fully saturated rings. The number of nitrogens with zero attached hydrogens (tertiary/aromatic N) is 1. The summed E-state index contributed by atoms with van der Waals surface area (Å²) in [5.41, 5.74) is 3.59. The molecule has 1 aliphatic heterocycles. The standard InChI is InChI=1S/C16H17NO/c1-11(2)12-8-9-16-14(10-12)17(3)13-6-4-5-7-15(13)18-16/h4-11H,1-3H3. The van der Waals surface area contributed by atoms with Crippen molar-refractivity contribution in [2.75, 3.05) is 11.9 Å². The summed E-state index contributed by atoms with van der Waals surface area (Å²) in [6.07, 6.45) is 0. The lowest BCUT2D eigenvalue weighted by Gasteiger charge is -2.30. The molecule has 0 unspecified atom stereocenters. The van der Waals surface area contributed by atoms with Gasteiger partial charge in [0.05, 0.1) is 11.4 Å². The third-order valence-corrected chi connectivity index (χ3v) is 3.46. The van der Waals surface area contributed by atoms with Crippen molar-refractivity contribution in [2.24, 2.45) is 0 Å². The average molecular weight is 239 g/mol. The second kappa shape index (κ2) is 4.05. The first-order valence-corrected chi connectivity index (χ1v) is 6.31. The molecule has 0 bridgehead atoms. The Hall–Kier alpha value is -1.96. The molecule has 0 amide bonds. The van der Waals surface area contributed by atoms with Gasteiger partial charge < -0.3 is 9.64 Å². The van der Waals surface area contributed by atoms with Crippen LogP contribution in [0.3, 0.4) is 0 Å². The van der Waals surface area contributed by atoms with Gasteiger partial charge in [-0.2, -0.15) is 0 Å². The Morgan fingerprint density at radius 3 is 2.44 bits per heavy atom. The molecule has 92 valence electrons. The molecular weight excluding hydrogens is 222 g/mol. The van der Waals surface area contributed by atoms with Gasteiger partial charge in [-0.25, -0.2) is 0 Å². The first-order valence-electron chi connectivity index (χ1n) is 6.31. The number of fused-ring (bicyclic) bond motifs is 2. The fraction of sp³-hybridized carbons (Fsp3) is 0.250. The molecule has 1 heterocycles. The zero-order valence-electron chi connectivity index (χ0n) is 11.0. The van der Waals surface area contributed by atoms with E-state index in [9.17, 15) is 0 Å². The van der Waals surface area contributed by atoms with Gasteiger partial charge in [-0.1, -0.05) is 32.0 Å². The summed E-state index contributed by atoms with van der Waals surface area (Å²) in [4.78, 5) is 2.19. The molecule has 0 radical (unpaired) electrons. The van der Waals surface area contributed by atoms with E-state index in [-0.39, 0.29) is 0 Å². The Morgan fingerprint density at radius 2 is 1.67 bits per heavy atom. The minimum absolute atomic E-state index is 0.529. The van der Waals surface area contributed by atoms with Crippen LogP contribution in [0.15, 0.2) is 42.5 Å². The normalized spacial score (nSPS) is 13.0. The van der Waals surface area contributed by atoms with Crippen molar-refractivity contribution in [3.05, 3.63) is 48.0 Å². The molecule has 0 saturated carbocycles. The molecule has 18 heavy (non-hydrogen) atoms. The number of benzene rings is 2. The van der Waals surface area contributed by atoms with E-state index in [1.807, 2.05) is 18.2 Å². The van der Waals surface area contributed by atoms with Crippen LogP contribution in [-0.4, -0.2) is 7.05 Å². The van der Waals surface area contributed by atoms with E-state index >= 15 is 0 Å². The van der Waals surface area contributed by atoms with Gasteiger partial charge in [0.2, 0.25) is 0 Å². The van der Waals surface area contributed by atoms with Crippen LogP contribution < -0.4 is 9.64 Å². The average Bonchev–Trinajstić information content (AvgIpc) is 2.38. The Labute approximate surface area is 108 Å². The molecule has 0 aliphatic carbocycles. The van der Waals surface area contributed by atoms with Gasteiger partial charge in [-0.3, -0.25) is 0 Å². The van der Waals surface area contributed by atoms with Gasteiger partial charge >= 0.3 is 0 Å². The van der Waals surface area contributed by atoms with Crippen molar-refractivity contribution in [3.8, 4) is 11.5 Å². The molecule has 3 rings (SSSR count). The predicted molar refractivity (Wildman–Crippen MR) is 75.1 cm³/mol. The van der Waals surface area contributed by atoms with Crippen molar-refractivity contribution in [3.63, 3.8) is 0 Å². The highest BCUT2D eigenvalue weighted by molar-refractivity contribution is 5.77. The molecule has 2 aromatic carbocycles. The fourth-order valence-corrected chi connectivity index (χ4v) is 2.31. The van der Waals surface area contributed by atoms with E-state index in [2.05, 4.69) is 50.1 Å². The van der Waals surface area contributed by atoms with Crippen LogP contribution in [0.1, 0.15) is 25.3 Å². The van der Waals surface area contributed by atoms with Crippen LogP contribution in [0.2, 0.25) is 0 Å². The van der Waals surface area contributed by atoms with Gasteiger partial charge in [-0.05, 0) is 35.7 Å². The summed E-state index contributed by atoms with van der Waals surface area (Å²) in [5.74, 6) is 2.38. The topological polar surface area (TPSA) is 12.5 Å². The summed E-state index contributed by atoms with van der Waals surface area (Å²) in [7, 11) is 2.09. The lowest BCUT2D eigenvalue weighted by Crippen LogP contribution is -2.15. The molecular formula is C16H17NO. The van der Waals surface area contributed by atoms with E-state index < -0.39 is 0 Å². The van der Waals surface area contributed by atoms with Gasteiger partial charge in [0.15, 0.2) is 11.5 Å². The van der Waals surface area contributed by atoms with Crippen molar-refractivity contribution in [2.45, 2.75) is 19.8 Å². The Kier molecular flexibility index (Phi) is 2.51. The zero-order chi connectivity index (χ0) is 12.7. The van der Waals surface area contributed by atoms with E-state index in [1.54, 1.807) is 0 Å². The highest BCUT2D eigenvalue weighted by atomic mass is 16.5. The molecule has 0 saturated heterocycles. The monoisotopic (exact) mass is 239 g/mol. The Balaban J connectivity index is 2.11. The summed E-state index contributed by atoms with van der Waals surface area (Å²) < 4.78 is 5.94. The Bertz CT molecular complexity index is 589. The highest BCUT2D eigenvalue weighted by Gasteiger charge is 2.21. The number of rotatable bonds is 1. The minimum Gasteiger partial charge on any atom is -0.453 e. The van der Waals surface area contributed by atoms with Crippen molar-refractivity contribution in [1.29, 1.82) is 0 Å². The maximum atomic E-state index is 5.94. The maximum absolute atomic E-state index is 5.94. The van der Waals surface area contributed by atoms with Crippen LogP contribution in [0.4, 0.5) is 11.4 Å². The summed E-state index contributed by atoms with van der Waals surface area (Å²) in [6, 6.07) is 14.6. The highest BCUT2D eigenvalue weighted by Crippen LogP contribution is 2.46. The molecule has 2 nitrogen and oxygen atoms in total. The second-order valence-electron chi connectivity index (χ2n) is 5.01. The minimum atomic E-state index is 0.529. The number of hydrogen-bond acceptors (Lipinski definition) is 2. The van der Waals surface area contributed by atoms with Crippen LogP contribution >= 0.6 is 0 Å². The molecule has 0 spiro atoms. The van der Waals surface area contributed by atoms with Crippen LogP contribution in [0, 0.1) is 0 Å². The smallest absolute Gasteiger partial charge is 0.151 e. The molecule has 2 aromatic rings. The number of anilines is 2. The summed E-state index contributed by atoms with van der Waals surface area (Å²) in [6.45, 7) is 4.42. The largest absolute Gasteiger partial charge is 0.453 e. The second-order valence-corrected chi connectivity index (χ2v) is 5.01. The molecule has 0 N–H and O–H groups in total. The summed E-state index contributed by atoms with van der Waals surface area (Å²) in [5, 5.41) is 0. The van der Waals surface area contributed by atoms with E-state index in [1.165, 1.54) is 5.56 Å². The number of ether oxygens (including phenoxy) is 1. The predicted octanol–water partition coefficient (Wildman–Crippen LogP) is 4.68. The van der Waals surface area contributed by atoms with Gasteiger partial charge in [0.1, 0.15) is 0 Å². The third-order valence-electron chi connectivity index (χ3n) is 3.46. The van der Waals surface area contributed by atoms with E-state index in [0.717, 1.165) is 22.9 Å². The van der Waals surface area contributed by atoms with Crippen LogP contribution in [0.5, 0.6) is 11.5 Å². The fourth-order valence-electron chi connectivity index (χ4n) is 2.31. The lowest BCUT2D eigenvalue weighted by atomic mass is 10.0. The zero-order valence-corrected chi connectivity index (χ0v) is 11.0. The molecule has 0 aromatic heterocycles. The number of para-hydroxylation sites is 2. The van der Waals surface area contributed by atoms with E-state index in [4.69, 9.17) is 4.74 Å². The van der Waals surface area contributed by atoms with Gasteiger partial charge in [0, 0.05) is 7.05 Å². The quantitative estimate of drug-likeness (QED) is 0.716. The Morgan fingerprint density at radius 1 is 0.944 bits per heavy atom. The van der Waals surface area contributed by atoms with Crippen molar-refractivity contribution >= 4 is 11.4 Å². The van der Waals surface area contributed by atoms with Crippen molar-refractivity contribution < 1.29 is 4.74 Å². The molecule has 1 aliphatic rings.